The number of carbonyl (C=O) groups is 3. The highest BCUT2D eigenvalue weighted by molar-refractivity contribution is 6.36. The van der Waals surface area contributed by atoms with Crippen LogP contribution in [0.4, 0.5) is 13.2 Å². The predicted octanol–water partition coefficient (Wildman–Crippen LogP) is -0.194. The fourth-order valence-corrected chi connectivity index (χ4v) is 0.977. The Morgan fingerprint density at radius 1 is 1.48 bits per heavy atom. The van der Waals surface area contributed by atoms with E-state index in [0.29, 0.717) is 0 Å². The molecule has 1 aliphatic heterocycles. The molecule has 0 saturated carbocycles. The van der Waals surface area contributed by atoms with Crippen LogP contribution in [0.25, 0.3) is 0 Å². The smallest absolute Gasteiger partial charge is 0.477 e. The average Bonchev–Trinajstić information content (AvgIpc) is 2.36. The van der Waals surface area contributed by atoms with Crippen molar-refractivity contribution in [3.63, 3.8) is 0 Å². The number of nitrogens with two attached hydrogens (primary N) is 1. The van der Waals surface area contributed by atoms with Crippen molar-refractivity contribution in [1.82, 2.24) is 5.01 Å². The molecule has 1 fully saturated rings. The number of carboxylic acid groups (broad SMARTS) is 2. The summed E-state index contributed by atoms with van der Waals surface area (Å²) in [5, 5.41) is 20.5. The average molecular weight is 311 g/mol. The van der Waals surface area contributed by atoms with Gasteiger partial charge in [-0.25, -0.2) is 14.6 Å². The largest absolute Gasteiger partial charge is 0.490 e. The zero-order valence-corrected chi connectivity index (χ0v) is 10.5. The van der Waals surface area contributed by atoms with E-state index in [4.69, 9.17) is 20.7 Å². The van der Waals surface area contributed by atoms with Gasteiger partial charge in [0.2, 0.25) is 0 Å². The topological polar surface area (TPSA) is 133 Å². The van der Waals surface area contributed by atoms with Crippen molar-refractivity contribution in [2.24, 2.45) is 10.8 Å². The van der Waals surface area contributed by atoms with Crippen molar-refractivity contribution in [3.05, 3.63) is 12.7 Å². The Morgan fingerprint density at radius 2 is 1.95 bits per heavy atom. The molecular weight excluding hydrogens is 299 g/mol. The molecule has 0 aromatic heterocycles. The van der Waals surface area contributed by atoms with Crippen LogP contribution in [0.2, 0.25) is 0 Å². The van der Waals surface area contributed by atoms with Crippen LogP contribution in [-0.4, -0.2) is 57.5 Å². The highest BCUT2D eigenvalue weighted by Gasteiger charge is 2.38. The number of alkyl halides is 3. The first-order valence-electron chi connectivity index (χ1n) is 5.29. The number of aliphatic carboxylic acids is 2. The highest BCUT2D eigenvalue weighted by atomic mass is 19.4. The van der Waals surface area contributed by atoms with E-state index in [2.05, 4.69) is 11.7 Å². The summed E-state index contributed by atoms with van der Waals surface area (Å²) in [4.78, 5) is 30.5. The lowest BCUT2D eigenvalue weighted by atomic mass is 10.1. The molecule has 21 heavy (non-hydrogen) atoms. The Hall–Kier alpha value is -2.43. The number of rotatable bonds is 4. The lowest BCUT2D eigenvalue weighted by Gasteiger charge is -2.31. The van der Waals surface area contributed by atoms with Crippen LogP contribution in [0.15, 0.2) is 17.8 Å². The molecule has 118 valence electrons. The van der Waals surface area contributed by atoms with E-state index in [1.165, 1.54) is 6.08 Å². The second kappa shape index (κ2) is 7.38. The molecule has 1 rings (SSSR count). The van der Waals surface area contributed by atoms with Gasteiger partial charge < -0.3 is 15.9 Å². The molecular formula is C10H12F3N3O5. The summed E-state index contributed by atoms with van der Waals surface area (Å²) in [5.74, 6) is -4.27. The Morgan fingerprint density at radius 3 is 2.19 bits per heavy atom. The van der Waals surface area contributed by atoms with Crippen molar-refractivity contribution in [3.8, 4) is 0 Å². The minimum atomic E-state index is -5.08. The molecule has 1 amide bonds. The van der Waals surface area contributed by atoms with Gasteiger partial charge >= 0.3 is 18.1 Å². The molecule has 1 heterocycles. The molecule has 0 aromatic rings. The quantitative estimate of drug-likeness (QED) is 0.374. The van der Waals surface area contributed by atoms with Gasteiger partial charge in [-0.3, -0.25) is 4.79 Å². The van der Waals surface area contributed by atoms with Crippen LogP contribution >= 0.6 is 0 Å². The summed E-state index contributed by atoms with van der Waals surface area (Å²) >= 11 is 0. The number of hydrazone groups is 1. The van der Waals surface area contributed by atoms with Gasteiger partial charge in [0.25, 0.3) is 5.91 Å². The maximum Gasteiger partial charge on any atom is 0.490 e. The van der Waals surface area contributed by atoms with Crippen LogP contribution < -0.4 is 5.73 Å². The zero-order valence-electron chi connectivity index (χ0n) is 10.5. The Balaban J connectivity index is 0.000000486. The number of nitrogens with zero attached hydrogens (tertiary/aromatic N) is 2. The van der Waals surface area contributed by atoms with Crippen LogP contribution in [0.1, 0.15) is 6.42 Å². The van der Waals surface area contributed by atoms with Gasteiger partial charge in [0.15, 0.2) is 0 Å². The Bertz CT molecular complexity index is 475. The third-order valence-electron chi connectivity index (χ3n) is 2.01. The SMILES string of the molecule is C=CCC(=NN1C[C@H](N)C1=O)C(=O)O.O=C(O)C(F)(F)F. The molecule has 1 aliphatic rings. The molecule has 8 nitrogen and oxygen atoms in total. The predicted molar refractivity (Wildman–Crippen MR) is 63.3 cm³/mol. The molecule has 0 aliphatic carbocycles. The maximum absolute atomic E-state index is 11.0. The molecule has 0 aromatic carbocycles. The number of carboxylic acids is 2. The van der Waals surface area contributed by atoms with E-state index >= 15 is 0 Å². The number of carbonyl (C=O) groups excluding carboxylic acids is 1. The monoisotopic (exact) mass is 311 g/mol. The molecule has 0 spiro atoms. The minimum absolute atomic E-state index is 0.111. The normalized spacial score (nSPS) is 18.3. The summed E-state index contributed by atoms with van der Waals surface area (Å²) in [7, 11) is 0. The van der Waals surface area contributed by atoms with Crippen LogP contribution in [0, 0.1) is 0 Å². The van der Waals surface area contributed by atoms with Crippen molar-refractivity contribution in [2.45, 2.75) is 18.6 Å². The fraction of sp³-hybridized carbons (Fsp3) is 0.400. The molecule has 1 saturated heterocycles. The summed E-state index contributed by atoms with van der Waals surface area (Å²) in [6, 6.07) is -0.544. The zero-order chi connectivity index (χ0) is 16.8. The van der Waals surface area contributed by atoms with Crippen molar-refractivity contribution in [2.75, 3.05) is 6.54 Å². The summed E-state index contributed by atoms with van der Waals surface area (Å²) in [6.07, 6.45) is -3.55. The third-order valence-corrected chi connectivity index (χ3v) is 2.01. The van der Waals surface area contributed by atoms with Crippen molar-refractivity contribution < 1.29 is 37.8 Å². The van der Waals surface area contributed by atoms with Gasteiger partial charge in [-0.1, -0.05) is 6.08 Å². The van der Waals surface area contributed by atoms with E-state index in [1.54, 1.807) is 0 Å². The molecule has 0 radical (unpaired) electrons. The van der Waals surface area contributed by atoms with E-state index in [1.807, 2.05) is 0 Å². The van der Waals surface area contributed by atoms with Crippen molar-refractivity contribution >= 4 is 23.6 Å². The molecule has 4 N–H and O–H groups in total. The number of halogens is 3. The van der Waals surface area contributed by atoms with Crippen LogP contribution in [0.5, 0.6) is 0 Å². The second-order valence-corrected chi connectivity index (χ2v) is 3.67. The minimum Gasteiger partial charge on any atom is -0.477 e. The van der Waals surface area contributed by atoms with Crippen molar-refractivity contribution in [1.29, 1.82) is 0 Å². The Labute approximate surface area is 116 Å². The summed E-state index contributed by atoms with van der Waals surface area (Å²) in [5.41, 5.74) is 5.20. The third kappa shape index (κ3) is 6.03. The van der Waals surface area contributed by atoms with Gasteiger partial charge in [0.1, 0.15) is 11.8 Å². The first kappa shape index (κ1) is 18.6. The number of hydrogen-bond donors (Lipinski definition) is 3. The first-order valence-corrected chi connectivity index (χ1v) is 5.29. The van der Waals surface area contributed by atoms with Crippen LogP contribution in [0.3, 0.4) is 0 Å². The number of β-lactam (4-membered cyclic amide) rings is 1. The molecule has 0 bridgehead atoms. The van der Waals surface area contributed by atoms with Gasteiger partial charge in [-0.05, 0) is 0 Å². The molecule has 11 heteroatoms. The molecule has 0 unspecified atom stereocenters. The number of hydrogen-bond acceptors (Lipinski definition) is 5. The maximum atomic E-state index is 11.0. The summed E-state index contributed by atoms with van der Waals surface area (Å²) < 4.78 is 31.7. The van der Waals surface area contributed by atoms with Crippen LogP contribution in [-0.2, 0) is 14.4 Å². The fourth-order valence-electron chi connectivity index (χ4n) is 0.977. The van der Waals surface area contributed by atoms with Gasteiger partial charge in [0, 0.05) is 6.42 Å². The standard InChI is InChI=1S/C8H11N3O3.C2HF3O2/c1-2-3-6(8(13)14)10-11-4-5(9)7(11)12;3-2(4,5)1(6)7/h2,5H,1,3-4,9H2,(H,13,14);(H,6,7)/t5-;/m0./s1. The first-order chi connectivity index (χ1) is 9.50. The summed E-state index contributed by atoms with van der Waals surface area (Å²) in [6.45, 7) is 3.67. The van der Waals surface area contributed by atoms with E-state index in [0.717, 1.165) is 5.01 Å². The van der Waals surface area contributed by atoms with Gasteiger partial charge in [-0.2, -0.15) is 18.3 Å². The van der Waals surface area contributed by atoms with Gasteiger partial charge in [-0.15, -0.1) is 6.58 Å². The Kier molecular flexibility index (Phi) is 6.52. The molecule has 1 atom stereocenters. The van der Waals surface area contributed by atoms with E-state index in [-0.39, 0.29) is 24.6 Å². The van der Waals surface area contributed by atoms with Gasteiger partial charge in [0.05, 0.1) is 6.54 Å². The van der Waals surface area contributed by atoms with E-state index in [9.17, 15) is 22.8 Å². The number of amides is 1. The highest BCUT2D eigenvalue weighted by Crippen LogP contribution is 2.13. The lowest BCUT2D eigenvalue weighted by molar-refractivity contribution is -0.192. The number of allylic oxidation sites excluding steroid dienone is 1. The lowest BCUT2D eigenvalue weighted by Crippen LogP contribution is -2.58. The van der Waals surface area contributed by atoms with E-state index < -0.39 is 24.2 Å². The second-order valence-electron chi connectivity index (χ2n) is 3.67.